The maximum Gasteiger partial charge on any atom is 0.137 e. The second-order valence-electron chi connectivity index (χ2n) is 12.5. The first-order chi connectivity index (χ1) is 24.3. The van der Waals surface area contributed by atoms with E-state index in [1.165, 1.54) is 53.2 Å². The molecule has 0 aliphatic heterocycles. The minimum Gasteiger partial charge on any atom is -0.456 e. The van der Waals surface area contributed by atoms with Gasteiger partial charge in [0.05, 0.1) is 5.69 Å². The van der Waals surface area contributed by atoms with Crippen LogP contribution in [0.25, 0.3) is 75.1 Å². The van der Waals surface area contributed by atoms with Crippen molar-refractivity contribution < 1.29 is 4.42 Å². The summed E-state index contributed by atoms with van der Waals surface area (Å²) in [5.74, 6) is 0. The zero-order chi connectivity index (χ0) is 32.3. The van der Waals surface area contributed by atoms with Crippen molar-refractivity contribution in [2.45, 2.75) is 0 Å². The number of anilines is 3. The van der Waals surface area contributed by atoms with Crippen LogP contribution in [0.1, 0.15) is 0 Å². The highest BCUT2D eigenvalue weighted by atomic mass is 32.1. The standard InChI is InChI=1S/C46H29NOS/c1-2-11-32-28-33(21-20-30(32)10-1)31-22-24-34(25-23-31)47(35-26-27-38-37-13-4-7-17-42(37)48-43(38)29-35)41-16-6-3-12-36(41)39-15-9-19-45-46(39)40-14-5-8-18-44(40)49-45/h1-29H. The highest BCUT2D eigenvalue weighted by molar-refractivity contribution is 7.25. The molecule has 0 spiro atoms. The summed E-state index contributed by atoms with van der Waals surface area (Å²) in [4.78, 5) is 2.37. The van der Waals surface area contributed by atoms with E-state index in [1.54, 1.807) is 0 Å². The minimum atomic E-state index is 0.875. The Kier molecular flexibility index (Phi) is 6.39. The van der Waals surface area contributed by atoms with Gasteiger partial charge < -0.3 is 9.32 Å². The van der Waals surface area contributed by atoms with Crippen LogP contribution in [0, 0.1) is 0 Å². The molecule has 0 bridgehead atoms. The highest BCUT2D eigenvalue weighted by Gasteiger charge is 2.21. The van der Waals surface area contributed by atoms with Crippen LogP contribution in [0.4, 0.5) is 17.1 Å². The summed E-state index contributed by atoms with van der Waals surface area (Å²) in [6, 6.07) is 63.3. The topological polar surface area (TPSA) is 16.4 Å². The fourth-order valence-corrected chi connectivity index (χ4v) is 8.48. The lowest BCUT2D eigenvalue weighted by Crippen LogP contribution is -2.11. The Morgan fingerprint density at radius 3 is 2.00 bits per heavy atom. The fourth-order valence-electron chi connectivity index (χ4n) is 7.35. The predicted molar refractivity (Wildman–Crippen MR) is 210 cm³/mol. The van der Waals surface area contributed by atoms with Gasteiger partial charge in [-0.1, -0.05) is 115 Å². The molecule has 0 unspecified atom stereocenters. The molecule has 2 aromatic heterocycles. The molecule has 49 heavy (non-hydrogen) atoms. The summed E-state index contributed by atoms with van der Waals surface area (Å²) in [5.41, 5.74) is 9.81. The summed E-state index contributed by atoms with van der Waals surface area (Å²) in [6.07, 6.45) is 0. The van der Waals surface area contributed by atoms with E-state index >= 15 is 0 Å². The monoisotopic (exact) mass is 643 g/mol. The molecule has 0 fully saturated rings. The zero-order valence-corrected chi connectivity index (χ0v) is 27.3. The van der Waals surface area contributed by atoms with Crippen LogP contribution in [-0.4, -0.2) is 0 Å². The van der Waals surface area contributed by atoms with Gasteiger partial charge in [0.25, 0.3) is 0 Å². The van der Waals surface area contributed by atoms with E-state index < -0.39 is 0 Å². The molecule has 2 nitrogen and oxygen atoms in total. The number of nitrogens with zero attached hydrogens (tertiary/aromatic N) is 1. The quantitative estimate of drug-likeness (QED) is 0.186. The Bertz CT molecular complexity index is 2840. The largest absolute Gasteiger partial charge is 0.456 e. The number of furan rings is 1. The SMILES string of the molecule is c1ccc(N(c2ccc(-c3ccc4ccccc4c3)cc2)c2ccc3c(c2)oc2ccccc23)c(-c2cccc3sc4ccccc4c23)c1. The van der Waals surface area contributed by atoms with E-state index in [0.29, 0.717) is 0 Å². The number of hydrogen-bond donors (Lipinski definition) is 0. The summed E-state index contributed by atoms with van der Waals surface area (Å²) >= 11 is 1.85. The number of thiophene rings is 1. The van der Waals surface area contributed by atoms with Crippen molar-refractivity contribution >= 4 is 81.3 Å². The van der Waals surface area contributed by atoms with Gasteiger partial charge in [0, 0.05) is 53.9 Å². The Balaban J connectivity index is 1.18. The molecule has 3 heteroatoms. The second kappa shape index (κ2) is 11.2. The van der Waals surface area contributed by atoms with Crippen LogP contribution >= 0.6 is 11.3 Å². The molecule has 0 amide bonds. The maximum atomic E-state index is 6.41. The molecule has 10 rings (SSSR count). The third-order valence-corrected chi connectivity index (χ3v) is 10.8. The number of para-hydroxylation sites is 2. The molecule has 0 aliphatic rings. The van der Waals surface area contributed by atoms with Crippen LogP contribution in [0.15, 0.2) is 180 Å². The van der Waals surface area contributed by atoms with Gasteiger partial charge in [-0.05, 0) is 82.1 Å². The first-order valence-electron chi connectivity index (χ1n) is 16.6. The molecule has 0 saturated heterocycles. The maximum absolute atomic E-state index is 6.41. The summed E-state index contributed by atoms with van der Waals surface area (Å²) < 4.78 is 9.01. The van der Waals surface area contributed by atoms with E-state index in [0.717, 1.165) is 39.0 Å². The van der Waals surface area contributed by atoms with E-state index in [2.05, 4.69) is 169 Å². The lowest BCUT2D eigenvalue weighted by molar-refractivity contribution is 0.669. The van der Waals surface area contributed by atoms with Crippen LogP contribution in [0.5, 0.6) is 0 Å². The van der Waals surface area contributed by atoms with Crippen molar-refractivity contribution in [1.82, 2.24) is 0 Å². The van der Waals surface area contributed by atoms with Crippen LogP contribution in [-0.2, 0) is 0 Å². The van der Waals surface area contributed by atoms with Crippen molar-refractivity contribution in [3.8, 4) is 22.3 Å². The van der Waals surface area contributed by atoms with Crippen molar-refractivity contribution in [3.63, 3.8) is 0 Å². The summed E-state index contributed by atoms with van der Waals surface area (Å²) in [5, 5.41) is 7.34. The lowest BCUT2D eigenvalue weighted by Gasteiger charge is -2.28. The molecule has 0 N–H and O–H groups in total. The van der Waals surface area contributed by atoms with Crippen molar-refractivity contribution in [1.29, 1.82) is 0 Å². The summed E-state index contributed by atoms with van der Waals surface area (Å²) in [7, 11) is 0. The van der Waals surface area contributed by atoms with Gasteiger partial charge in [-0.3, -0.25) is 0 Å². The first kappa shape index (κ1) is 27.9. The van der Waals surface area contributed by atoms with Gasteiger partial charge >= 0.3 is 0 Å². The smallest absolute Gasteiger partial charge is 0.137 e. The molecule has 230 valence electrons. The van der Waals surface area contributed by atoms with Gasteiger partial charge in [0.15, 0.2) is 0 Å². The third-order valence-electron chi connectivity index (χ3n) is 9.67. The normalized spacial score (nSPS) is 11.7. The molecule has 0 radical (unpaired) electrons. The van der Waals surface area contributed by atoms with Crippen molar-refractivity contribution in [2.75, 3.05) is 4.90 Å². The molecule has 2 heterocycles. The van der Waals surface area contributed by atoms with E-state index in [1.807, 2.05) is 23.5 Å². The van der Waals surface area contributed by atoms with Crippen LogP contribution < -0.4 is 4.90 Å². The van der Waals surface area contributed by atoms with Crippen LogP contribution in [0.3, 0.4) is 0 Å². The third kappa shape index (κ3) is 4.62. The van der Waals surface area contributed by atoms with Crippen molar-refractivity contribution in [3.05, 3.63) is 176 Å². The number of hydrogen-bond acceptors (Lipinski definition) is 3. The first-order valence-corrected chi connectivity index (χ1v) is 17.4. The summed E-state index contributed by atoms with van der Waals surface area (Å²) in [6.45, 7) is 0. The highest BCUT2D eigenvalue weighted by Crippen LogP contribution is 2.46. The molecule has 0 atom stereocenters. The number of fused-ring (bicyclic) bond motifs is 7. The van der Waals surface area contributed by atoms with E-state index in [4.69, 9.17) is 4.42 Å². The molecule has 0 aliphatic carbocycles. The average Bonchev–Trinajstić information content (AvgIpc) is 3.73. The van der Waals surface area contributed by atoms with Gasteiger partial charge in [-0.15, -0.1) is 11.3 Å². The Morgan fingerprint density at radius 1 is 0.408 bits per heavy atom. The molecule has 10 aromatic rings. The van der Waals surface area contributed by atoms with Gasteiger partial charge in [0.1, 0.15) is 11.2 Å². The van der Waals surface area contributed by atoms with Gasteiger partial charge in [-0.2, -0.15) is 0 Å². The Labute approximate surface area is 287 Å². The Morgan fingerprint density at radius 2 is 1.08 bits per heavy atom. The second-order valence-corrected chi connectivity index (χ2v) is 13.6. The number of benzene rings is 8. The van der Waals surface area contributed by atoms with Gasteiger partial charge in [-0.25, -0.2) is 0 Å². The predicted octanol–water partition coefficient (Wildman–Crippen LogP) is 13.9. The van der Waals surface area contributed by atoms with Crippen molar-refractivity contribution in [2.24, 2.45) is 0 Å². The van der Waals surface area contributed by atoms with Gasteiger partial charge in [0.2, 0.25) is 0 Å². The Hall–Kier alpha value is -6.16. The lowest BCUT2D eigenvalue weighted by atomic mass is 9.96. The molecule has 8 aromatic carbocycles. The van der Waals surface area contributed by atoms with E-state index in [9.17, 15) is 0 Å². The molecular weight excluding hydrogens is 615 g/mol. The molecular formula is C46H29NOS. The fraction of sp³-hybridized carbons (Fsp3) is 0. The van der Waals surface area contributed by atoms with Crippen LogP contribution in [0.2, 0.25) is 0 Å². The minimum absolute atomic E-state index is 0.875. The number of rotatable bonds is 5. The van der Waals surface area contributed by atoms with E-state index in [-0.39, 0.29) is 0 Å². The average molecular weight is 644 g/mol. The zero-order valence-electron chi connectivity index (χ0n) is 26.5. The molecule has 0 saturated carbocycles.